The Hall–Kier alpha value is -2.50. The minimum Gasteiger partial charge on any atom is -0.382 e. The quantitative estimate of drug-likeness (QED) is 0.0545. The zero-order valence-electron chi connectivity index (χ0n) is 21.9. The molecule has 0 fully saturated rings. The second kappa shape index (κ2) is 15.7. The second-order valence-electron chi connectivity index (χ2n) is 8.90. The van der Waals surface area contributed by atoms with Crippen LogP contribution in [0.1, 0.15) is 57.7 Å². The van der Waals surface area contributed by atoms with E-state index in [1.807, 2.05) is 18.2 Å². The van der Waals surface area contributed by atoms with Gasteiger partial charge in [-0.1, -0.05) is 53.1 Å². The Balaban J connectivity index is 1.41. The summed E-state index contributed by atoms with van der Waals surface area (Å²) in [5.74, 6) is 3.91. The van der Waals surface area contributed by atoms with Crippen molar-refractivity contribution in [3.05, 3.63) is 30.1 Å². The fraction of sp³-hybridized carbons (Fsp3) is 0.538. The molecule has 2 heterocycles. The Morgan fingerprint density at radius 1 is 1.08 bits per heavy atom. The predicted octanol–water partition coefficient (Wildman–Crippen LogP) is 4.66. The van der Waals surface area contributed by atoms with Crippen LogP contribution < -0.4 is 21.9 Å². The molecule has 1 aromatic carbocycles. The topological polar surface area (TPSA) is 134 Å². The number of hydrogen-bond donors (Lipinski definition) is 5. The lowest BCUT2D eigenvalue weighted by atomic mass is 10.2. The fourth-order valence-corrected chi connectivity index (χ4v) is 6.14. The average molecular weight is 545 g/mol. The molecule has 0 aliphatic carbocycles. The first-order chi connectivity index (χ1) is 18.0. The first-order valence-electron chi connectivity index (χ1n) is 13.1. The summed E-state index contributed by atoms with van der Waals surface area (Å²) < 4.78 is 2.32. The number of nitrogens with one attached hydrogen (secondary N) is 4. The molecule has 37 heavy (non-hydrogen) atoms. The van der Waals surface area contributed by atoms with Crippen LogP contribution in [0.2, 0.25) is 0 Å². The summed E-state index contributed by atoms with van der Waals surface area (Å²) in [6, 6.07) is 8.10. The number of unbranched alkanes of at least 4 members (excludes halogenated alkanes) is 2. The van der Waals surface area contributed by atoms with Gasteiger partial charge in [-0.25, -0.2) is 15.4 Å². The van der Waals surface area contributed by atoms with Gasteiger partial charge in [0, 0.05) is 56.3 Å². The van der Waals surface area contributed by atoms with Crippen molar-refractivity contribution in [1.82, 2.24) is 30.7 Å². The number of pyridine rings is 1. The van der Waals surface area contributed by atoms with Crippen LogP contribution in [0, 0.1) is 5.41 Å². The van der Waals surface area contributed by atoms with E-state index in [2.05, 4.69) is 38.7 Å². The Kier molecular flexibility index (Phi) is 12.3. The molecule has 2 aromatic heterocycles. The highest BCUT2D eigenvalue weighted by Gasteiger charge is 2.16. The number of hydrogen-bond acceptors (Lipinski definition) is 8. The molecule has 11 heteroatoms. The number of aromatic nitrogens is 3. The van der Waals surface area contributed by atoms with Crippen LogP contribution in [0.5, 0.6) is 0 Å². The molecular formula is C26H40N8OS2. The molecule has 3 rings (SSSR count). The van der Waals surface area contributed by atoms with Crippen molar-refractivity contribution in [3.63, 3.8) is 0 Å². The lowest BCUT2D eigenvalue weighted by Gasteiger charge is -2.11. The van der Waals surface area contributed by atoms with Gasteiger partial charge >= 0.3 is 0 Å². The van der Waals surface area contributed by atoms with Crippen LogP contribution in [0.25, 0.3) is 21.9 Å². The van der Waals surface area contributed by atoms with E-state index in [1.165, 1.54) is 0 Å². The minimum atomic E-state index is 0.0157. The Bertz CT molecular complexity index is 1170. The Labute approximate surface area is 227 Å². The lowest BCUT2D eigenvalue weighted by molar-refractivity contribution is -0.121. The zero-order valence-corrected chi connectivity index (χ0v) is 23.6. The lowest BCUT2D eigenvalue weighted by Crippen LogP contribution is -2.38. The van der Waals surface area contributed by atoms with Gasteiger partial charge in [0.25, 0.3) is 0 Å². The van der Waals surface area contributed by atoms with Gasteiger partial charge in [-0.3, -0.25) is 15.6 Å². The van der Waals surface area contributed by atoms with Gasteiger partial charge in [0.05, 0.1) is 16.9 Å². The maximum absolute atomic E-state index is 12.1. The van der Waals surface area contributed by atoms with Gasteiger partial charge in [0.2, 0.25) is 5.91 Å². The third kappa shape index (κ3) is 8.79. The summed E-state index contributed by atoms with van der Waals surface area (Å²) in [5.41, 5.74) is 14.9. The first kappa shape index (κ1) is 29.1. The van der Waals surface area contributed by atoms with Crippen molar-refractivity contribution in [3.8, 4) is 0 Å². The molecule has 1 amide bonds. The van der Waals surface area contributed by atoms with E-state index in [1.54, 1.807) is 28.6 Å². The molecule has 0 aliphatic heterocycles. The van der Waals surface area contributed by atoms with Crippen molar-refractivity contribution < 1.29 is 4.79 Å². The largest absolute Gasteiger partial charge is 0.382 e. The fourth-order valence-electron chi connectivity index (χ4n) is 4.06. The van der Waals surface area contributed by atoms with Crippen LogP contribution >= 0.6 is 21.6 Å². The number of carbonyl (C=O) groups is 1. The van der Waals surface area contributed by atoms with Crippen LogP contribution in [-0.2, 0) is 17.8 Å². The SMILES string of the molecule is CCCCc1nc2c(N)nc3ccccc3c2n1CCCCNNC(=O)CCSSCCCC(=N)NC. The standard InChI is InChI=1S/C26H40N8OS2/c1-3-4-13-22-32-24-25(19-10-5-6-11-20(19)31-26(24)28)34(22)16-8-7-15-30-33-23(35)14-18-37-36-17-9-12-21(27)29-2/h5-6,10-11,30H,3-4,7-9,12-18H2,1-2H3,(H2,27,29)(H2,28,31)(H,33,35). The Morgan fingerprint density at radius 3 is 2.70 bits per heavy atom. The molecular weight excluding hydrogens is 504 g/mol. The summed E-state index contributed by atoms with van der Waals surface area (Å²) in [7, 11) is 5.25. The second-order valence-corrected chi connectivity index (χ2v) is 11.6. The number of para-hydroxylation sites is 1. The van der Waals surface area contributed by atoms with E-state index in [0.717, 1.165) is 90.8 Å². The molecule has 202 valence electrons. The highest BCUT2D eigenvalue weighted by Crippen LogP contribution is 2.29. The number of amidine groups is 1. The van der Waals surface area contributed by atoms with Crippen LogP contribution in [0.15, 0.2) is 24.3 Å². The van der Waals surface area contributed by atoms with E-state index in [0.29, 0.717) is 24.6 Å². The van der Waals surface area contributed by atoms with E-state index in [-0.39, 0.29) is 5.91 Å². The number of hydrazine groups is 1. The zero-order chi connectivity index (χ0) is 26.5. The number of aryl methyl sites for hydroxylation is 2. The summed E-state index contributed by atoms with van der Waals surface area (Å²) in [4.78, 5) is 21.5. The van der Waals surface area contributed by atoms with Crippen LogP contribution in [-0.4, -0.2) is 51.4 Å². The van der Waals surface area contributed by atoms with Crippen LogP contribution in [0.4, 0.5) is 5.82 Å². The maximum Gasteiger partial charge on any atom is 0.234 e. The highest BCUT2D eigenvalue weighted by atomic mass is 33.1. The molecule has 0 radical (unpaired) electrons. The molecule has 0 aliphatic rings. The van der Waals surface area contributed by atoms with Crippen molar-refractivity contribution in [1.29, 1.82) is 5.41 Å². The van der Waals surface area contributed by atoms with E-state index < -0.39 is 0 Å². The molecule has 0 spiro atoms. The number of anilines is 1. The molecule has 0 atom stereocenters. The van der Waals surface area contributed by atoms with Gasteiger partial charge in [0.15, 0.2) is 5.82 Å². The molecule has 0 saturated carbocycles. The van der Waals surface area contributed by atoms with Gasteiger partial charge in [-0.05, 0) is 31.7 Å². The van der Waals surface area contributed by atoms with Crippen molar-refractivity contribution >= 4 is 61.1 Å². The van der Waals surface area contributed by atoms with Crippen molar-refractivity contribution in [2.45, 2.75) is 64.8 Å². The monoisotopic (exact) mass is 544 g/mol. The maximum atomic E-state index is 12.1. The third-order valence-corrected chi connectivity index (χ3v) is 8.55. The average Bonchev–Trinajstić information content (AvgIpc) is 3.27. The number of carbonyl (C=O) groups excluding carboxylic acids is 1. The number of amides is 1. The number of rotatable bonds is 17. The van der Waals surface area contributed by atoms with Gasteiger partial charge < -0.3 is 15.6 Å². The molecule has 6 N–H and O–H groups in total. The molecule has 0 unspecified atom stereocenters. The van der Waals surface area contributed by atoms with Crippen molar-refractivity contribution in [2.24, 2.45) is 0 Å². The van der Waals surface area contributed by atoms with Crippen molar-refractivity contribution in [2.75, 3.05) is 30.8 Å². The van der Waals surface area contributed by atoms with E-state index in [9.17, 15) is 4.79 Å². The number of nitrogen functional groups attached to an aromatic ring is 1. The molecule has 0 bridgehead atoms. The molecule has 3 aromatic rings. The number of nitrogens with two attached hydrogens (primary N) is 1. The summed E-state index contributed by atoms with van der Waals surface area (Å²) in [5, 5.41) is 11.5. The number of imidazole rings is 1. The highest BCUT2D eigenvalue weighted by molar-refractivity contribution is 8.76. The first-order valence-corrected chi connectivity index (χ1v) is 15.6. The number of fused-ring (bicyclic) bond motifs is 3. The molecule has 9 nitrogen and oxygen atoms in total. The van der Waals surface area contributed by atoms with E-state index >= 15 is 0 Å². The summed E-state index contributed by atoms with van der Waals surface area (Å²) in [6.45, 7) is 3.75. The van der Waals surface area contributed by atoms with E-state index in [4.69, 9.17) is 16.1 Å². The third-order valence-electron chi connectivity index (χ3n) is 6.06. The number of benzene rings is 1. The van der Waals surface area contributed by atoms with Crippen LogP contribution in [0.3, 0.4) is 0 Å². The number of nitrogens with zero attached hydrogens (tertiary/aromatic N) is 3. The van der Waals surface area contributed by atoms with Gasteiger partial charge in [-0.15, -0.1) is 0 Å². The molecule has 0 saturated heterocycles. The van der Waals surface area contributed by atoms with Gasteiger partial charge in [-0.2, -0.15) is 0 Å². The summed E-state index contributed by atoms with van der Waals surface area (Å²) in [6.07, 6.45) is 7.23. The normalized spacial score (nSPS) is 11.3. The smallest absolute Gasteiger partial charge is 0.234 e. The predicted molar refractivity (Wildman–Crippen MR) is 159 cm³/mol. The minimum absolute atomic E-state index is 0.0157. The Morgan fingerprint density at radius 2 is 1.89 bits per heavy atom. The summed E-state index contributed by atoms with van der Waals surface area (Å²) >= 11 is 0. The van der Waals surface area contributed by atoms with Gasteiger partial charge in [0.1, 0.15) is 11.3 Å².